The lowest BCUT2D eigenvalue weighted by molar-refractivity contribution is -0.141. The summed E-state index contributed by atoms with van der Waals surface area (Å²) < 4.78 is 27.7. The van der Waals surface area contributed by atoms with Crippen molar-refractivity contribution >= 4 is 40.9 Å². The molecule has 0 aliphatic carbocycles. The van der Waals surface area contributed by atoms with E-state index in [1.165, 1.54) is 0 Å². The van der Waals surface area contributed by atoms with Crippen LogP contribution in [0.1, 0.15) is 0 Å². The molecule has 0 bridgehead atoms. The van der Waals surface area contributed by atoms with Crippen molar-refractivity contribution in [1.29, 1.82) is 0 Å². The highest BCUT2D eigenvalue weighted by Crippen LogP contribution is 1.98. The van der Waals surface area contributed by atoms with Gasteiger partial charge in [0, 0.05) is 0 Å². The van der Waals surface area contributed by atoms with Gasteiger partial charge in [0.25, 0.3) is 0 Å². The molecule has 2 amide bonds. The predicted molar refractivity (Wildman–Crippen MR) is 77.3 cm³/mol. The first-order chi connectivity index (χ1) is 10.2. The molecule has 0 fully saturated rings. The Morgan fingerprint density at radius 3 is 2.14 bits per heavy atom. The van der Waals surface area contributed by atoms with Crippen molar-refractivity contribution in [3.8, 4) is 0 Å². The minimum Gasteiger partial charge on any atom is -0.480 e. The second-order valence-electron chi connectivity index (χ2n) is 4.03. The molecular weight excluding hydrogens is 342 g/mol. The van der Waals surface area contributed by atoms with Crippen LogP contribution < -0.4 is 16.4 Å². The molecule has 0 aliphatic rings. The highest BCUT2D eigenvalue weighted by atomic mass is 32.2. The summed E-state index contributed by atoms with van der Waals surface area (Å²) in [6.45, 7) is -0.842. The second-order valence-corrected chi connectivity index (χ2v) is 5.60. The van der Waals surface area contributed by atoms with E-state index in [-0.39, 0.29) is 17.8 Å². The molecule has 8 N–H and O–H groups in total. The molecule has 0 aromatic rings. The first-order valence-electron chi connectivity index (χ1n) is 5.76. The van der Waals surface area contributed by atoms with Crippen LogP contribution in [0.5, 0.6) is 0 Å². The molecule has 1 unspecified atom stereocenters. The third kappa shape index (κ3) is 7.67. The Labute approximate surface area is 132 Å². The minimum atomic E-state index is -2.32. The highest BCUT2D eigenvalue weighted by Gasteiger charge is 2.27. The number of aliphatic carboxylic acids is 1. The zero-order valence-corrected chi connectivity index (χ0v) is 12.8. The number of carbonyl (C=O) groups is 3. The monoisotopic (exact) mass is 359 g/mol. The summed E-state index contributed by atoms with van der Waals surface area (Å²) in [6, 6.07) is -4.29. The van der Waals surface area contributed by atoms with Gasteiger partial charge in [0.1, 0.15) is 12.1 Å². The normalized spacial score (nSPS) is 16.2. The van der Waals surface area contributed by atoms with Gasteiger partial charge in [-0.25, -0.2) is 9.00 Å². The number of nitrogens with two attached hydrogens (primary N) is 1. The number of rotatable bonds is 10. The molecule has 0 rings (SSSR count). The van der Waals surface area contributed by atoms with Gasteiger partial charge in [-0.05, 0) is 12.0 Å². The van der Waals surface area contributed by atoms with Crippen LogP contribution in [0.4, 0.5) is 0 Å². The maximum atomic E-state index is 11.8. The molecule has 0 radical (unpaired) electrons. The third-order valence-electron chi connectivity index (χ3n) is 2.33. The Kier molecular flexibility index (Phi) is 9.88. The van der Waals surface area contributed by atoms with Gasteiger partial charge in [0.15, 0.2) is 11.1 Å². The van der Waals surface area contributed by atoms with E-state index >= 15 is 0 Å². The predicted octanol–water partition coefficient (Wildman–Crippen LogP) is -3.21. The van der Waals surface area contributed by atoms with Gasteiger partial charge in [0.05, 0.1) is 24.2 Å². The Bertz CT molecular complexity index is 435. The van der Waals surface area contributed by atoms with Crippen molar-refractivity contribution in [2.24, 2.45) is 5.73 Å². The smallest absolute Gasteiger partial charge is 0.327 e. The van der Waals surface area contributed by atoms with Crippen molar-refractivity contribution in [1.82, 2.24) is 10.6 Å². The molecule has 13 heteroatoms. The maximum absolute atomic E-state index is 11.8. The van der Waals surface area contributed by atoms with Crippen molar-refractivity contribution in [3.05, 3.63) is 0 Å². The van der Waals surface area contributed by atoms with Crippen LogP contribution >= 0.6 is 12.0 Å². The largest absolute Gasteiger partial charge is 0.480 e. The standard InChI is InChI=1S/C9H17N3O8S2/c10-4(3-22(19)20)7(14)11-5(1-13)8(15)12-6(2-21-18)9(16)17/h4-6,13,18H,1-3,10H2,(H,11,14)(H,12,15)(H,16,17)(H,19,20)/t4-,5-,6-/m0/s1. The summed E-state index contributed by atoms with van der Waals surface area (Å²) in [6.07, 6.45) is 0. The van der Waals surface area contributed by atoms with Crippen molar-refractivity contribution in [3.63, 3.8) is 0 Å². The van der Waals surface area contributed by atoms with Gasteiger partial charge in [-0.2, -0.15) is 0 Å². The molecule has 128 valence electrons. The third-order valence-corrected chi connectivity index (χ3v) is 3.46. The van der Waals surface area contributed by atoms with Crippen molar-refractivity contribution in [2.75, 3.05) is 18.1 Å². The van der Waals surface area contributed by atoms with E-state index < -0.39 is 59.3 Å². The van der Waals surface area contributed by atoms with Gasteiger partial charge >= 0.3 is 5.97 Å². The van der Waals surface area contributed by atoms with Crippen LogP contribution in [0, 0.1) is 0 Å². The average molecular weight is 359 g/mol. The average Bonchev–Trinajstić information content (AvgIpc) is 2.42. The fourth-order valence-electron chi connectivity index (χ4n) is 1.22. The van der Waals surface area contributed by atoms with Crippen LogP contribution in [-0.4, -0.2) is 77.5 Å². The van der Waals surface area contributed by atoms with E-state index in [1.54, 1.807) is 0 Å². The Morgan fingerprint density at radius 2 is 1.73 bits per heavy atom. The lowest BCUT2D eigenvalue weighted by Gasteiger charge is -2.20. The number of aliphatic hydroxyl groups excluding tert-OH is 1. The van der Waals surface area contributed by atoms with Gasteiger partial charge in [-0.15, -0.1) is 0 Å². The van der Waals surface area contributed by atoms with Crippen LogP contribution in [0.25, 0.3) is 0 Å². The topological polar surface area (TPSA) is 199 Å². The highest BCUT2D eigenvalue weighted by molar-refractivity contribution is 7.93. The SMILES string of the molecule is N[C@@H](CS(=O)O)C(=O)N[C@@H](CO)C(=O)N[C@@H](CSO)C(=O)O. The summed E-state index contributed by atoms with van der Waals surface area (Å²) >= 11 is -2.12. The van der Waals surface area contributed by atoms with Gasteiger partial charge in [0.2, 0.25) is 11.8 Å². The number of hydrogen-bond donors (Lipinski definition) is 7. The molecule has 0 aromatic carbocycles. The lowest BCUT2D eigenvalue weighted by atomic mass is 10.2. The number of carboxylic acid groups (broad SMARTS) is 1. The number of carboxylic acids is 1. The van der Waals surface area contributed by atoms with Crippen molar-refractivity contribution < 1.29 is 37.9 Å². The first kappa shape index (κ1) is 20.8. The quantitative estimate of drug-likeness (QED) is 0.154. The zero-order valence-electron chi connectivity index (χ0n) is 11.2. The van der Waals surface area contributed by atoms with Gasteiger partial charge in [-0.3, -0.25) is 9.59 Å². The molecular formula is C9H17N3O8S2. The molecule has 0 aromatic heterocycles. The zero-order chi connectivity index (χ0) is 17.3. The van der Waals surface area contributed by atoms with E-state index in [4.69, 9.17) is 25.1 Å². The Balaban J connectivity index is 4.67. The summed E-state index contributed by atoms with van der Waals surface area (Å²) in [7, 11) is 0. The lowest BCUT2D eigenvalue weighted by Crippen LogP contribution is -2.56. The van der Waals surface area contributed by atoms with Crippen LogP contribution in [0.15, 0.2) is 0 Å². The Morgan fingerprint density at radius 1 is 1.18 bits per heavy atom. The fourth-order valence-corrected chi connectivity index (χ4v) is 2.06. The number of hydrogen-bond acceptors (Lipinski definition) is 8. The van der Waals surface area contributed by atoms with E-state index in [0.29, 0.717) is 0 Å². The first-order valence-corrected chi connectivity index (χ1v) is 7.98. The van der Waals surface area contributed by atoms with Crippen molar-refractivity contribution in [2.45, 2.75) is 18.1 Å². The summed E-state index contributed by atoms with van der Waals surface area (Å²) in [4.78, 5) is 34.1. The van der Waals surface area contributed by atoms with Crippen LogP contribution in [0.2, 0.25) is 0 Å². The van der Waals surface area contributed by atoms with Gasteiger partial charge < -0.3 is 35.7 Å². The minimum absolute atomic E-state index is 0.198. The molecule has 0 aliphatic heterocycles. The summed E-state index contributed by atoms with van der Waals surface area (Å²) in [5, 5.41) is 21.9. The van der Waals surface area contributed by atoms with Crippen LogP contribution in [0.3, 0.4) is 0 Å². The number of aliphatic hydroxyl groups is 1. The molecule has 0 saturated heterocycles. The molecule has 4 atom stereocenters. The van der Waals surface area contributed by atoms with Crippen LogP contribution in [-0.2, 0) is 25.5 Å². The van der Waals surface area contributed by atoms with E-state index in [2.05, 4.69) is 0 Å². The molecule has 0 spiro atoms. The maximum Gasteiger partial charge on any atom is 0.327 e. The number of nitrogens with one attached hydrogen (secondary N) is 2. The Hall–Kier alpha value is -1.25. The van der Waals surface area contributed by atoms with E-state index in [1.807, 2.05) is 10.6 Å². The fraction of sp³-hybridized carbons (Fsp3) is 0.667. The summed E-state index contributed by atoms with van der Waals surface area (Å²) in [5.74, 6) is -4.28. The molecule has 0 saturated carbocycles. The van der Waals surface area contributed by atoms with E-state index in [0.717, 1.165) is 0 Å². The molecule has 22 heavy (non-hydrogen) atoms. The van der Waals surface area contributed by atoms with Gasteiger partial charge in [-0.1, -0.05) is 0 Å². The second kappa shape index (κ2) is 10.5. The molecule has 0 heterocycles. The molecule has 11 nitrogen and oxygen atoms in total. The van der Waals surface area contributed by atoms with E-state index in [9.17, 15) is 18.6 Å². The number of amides is 2. The summed E-state index contributed by atoms with van der Waals surface area (Å²) in [5.41, 5.74) is 5.31. The number of carbonyl (C=O) groups excluding carboxylic acids is 2.